The van der Waals surface area contributed by atoms with Crippen molar-refractivity contribution < 1.29 is 4.39 Å². The van der Waals surface area contributed by atoms with E-state index in [1.807, 2.05) is 12.1 Å². The van der Waals surface area contributed by atoms with Crippen LogP contribution in [0.1, 0.15) is 19.4 Å². The molecule has 1 aromatic carbocycles. The molecule has 0 unspecified atom stereocenters. The molecule has 0 spiro atoms. The Labute approximate surface area is 80.9 Å². The lowest BCUT2D eigenvalue weighted by molar-refractivity contribution is 0.569. The maximum atomic E-state index is 13.3. The quantitative estimate of drug-likeness (QED) is 0.726. The summed E-state index contributed by atoms with van der Waals surface area (Å²) in [7, 11) is 0. The van der Waals surface area contributed by atoms with Gasteiger partial charge in [-0.15, -0.1) is 0 Å². The Balaban J connectivity index is 2.92. The van der Waals surface area contributed by atoms with Gasteiger partial charge in [-0.1, -0.05) is 26.0 Å². The van der Waals surface area contributed by atoms with Crippen LogP contribution in [0.5, 0.6) is 0 Å². The van der Waals surface area contributed by atoms with Gasteiger partial charge in [0.05, 0.1) is 4.47 Å². The largest absolute Gasteiger partial charge is 0.205 e. The molecule has 1 rings (SSSR count). The fourth-order valence-electron chi connectivity index (χ4n) is 1.15. The maximum Gasteiger partial charge on any atom is 0.140 e. The Hall–Kier alpha value is -0.370. The van der Waals surface area contributed by atoms with Crippen molar-refractivity contribution in [2.24, 2.45) is 5.92 Å². The Kier molecular flexibility index (Phi) is 3.27. The van der Waals surface area contributed by atoms with Crippen LogP contribution in [0.2, 0.25) is 0 Å². The van der Waals surface area contributed by atoms with Crippen LogP contribution in [0, 0.1) is 11.7 Å². The van der Waals surface area contributed by atoms with Gasteiger partial charge in [-0.25, -0.2) is 4.39 Å². The highest BCUT2D eigenvalue weighted by molar-refractivity contribution is 9.10. The van der Waals surface area contributed by atoms with E-state index < -0.39 is 0 Å². The zero-order valence-electron chi connectivity index (χ0n) is 7.27. The van der Waals surface area contributed by atoms with E-state index in [4.69, 9.17) is 0 Å². The Morgan fingerprint density at radius 3 is 2.67 bits per heavy atom. The van der Waals surface area contributed by atoms with Crippen molar-refractivity contribution in [2.75, 3.05) is 0 Å². The smallest absolute Gasteiger partial charge is 0.140 e. The van der Waals surface area contributed by atoms with Gasteiger partial charge in [-0.2, -0.15) is 0 Å². The summed E-state index contributed by atoms with van der Waals surface area (Å²) in [5.74, 6) is 0.375. The summed E-state index contributed by atoms with van der Waals surface area (Å²) >= 11 is 3.16. The van der Waals surface area contributed by atoms with Crippen LogP contribution >= 0.6 is 15.9 Å². The Morgan fingerprint density at radius 2 is 2.08 bits per heavy atom. The highest BCUT2D eigenvalue weighted by atomic mass is 79.9. The topological polar surface area (TPSA) is 0 Å². The van der Waals surface area contributed by atoms with E-state index in [0.717, 1.165) is 12.0 Å². The molecule has 0 atom stereocenters. The zero-order valence-corrected chi connectivity index (χ0v) is 8.86. The first-order chi connectivity index (χ1) is 5.61. The van der Waals surface area contributed by atoms with E-state index in [-0.39, 0.29) is 5.82 Å². The molecular formula is C10H12BrF. The number of hydrogen-bond acceptors (Lipinski definition) is 0. The number of halogens is 2. The molecule has 0 aliphatic heterocycles. The van der Waals surface area contributed by atoms with Crippen LogP contribution in [0.3, 0.4) is 0 Å². The molecular weight excluding hydrogens is 219 g/mol. The average Bonchev–Trinajstić information content (AvgIpc) is 1.98. The second kappa shape index (κ2) is 4.04. The third-order valence-electron chi connectivity index (χ3n) is 1.66. The van der Waals surface area contributed by atoms with Crippen LogP contribution in [0.4, 0.5) is 4.39 Å². The molecule has 1 aromatic rings. The molecule has 0 saturated heterocycles. The van der Waals surface area contributed by atoms with Crippen molar-refractivity contribution in [3.8, 4) is 0 Å². The summed E-state index contributed by atoms with van der Waals surface area (Å²) < 4.78 is 13.9. The third kappa shape index (κ3) is 2.31. The molecule has 0 saturated carbocycles. The molecule has 0 amide bonds. The fraction of sp³-hybridized carbons (Fsp3) is 0.400. The Bertz CT molecular complexity index is 269. The first-order valence-corrected chi connectivity index (χ1v) is 4.83. The van der Waals surface area contributed by atoms with Gasteiger partial charge in [0.25, 0.3) is 0 Å². The number of benzene rings is 1. The van der Waals surface area contributed by atoms with Gasteiger partial charge in [0.2, 0.25) is 0 Å². The van der Waals surface area contributed by atoms with E-state index >= 15 is 0 Å². The van der Waals surface area contributed by atoms with Crippen LogP contribution in [0.25, 0.3) is 0 Å². The molecule has 0 heterocycles. The van der Waals surface area contributed by atoms with Gasteiger partial charge in [0.1, 0.15) is 5.82 Å². The third-order valence-corrected chi connectivity index (χ3v) is 2.27. The van der Waals surface area contributed by atoms with Gasteiger partial charge in [-0.3, -0.25) is 0 Å². The fourth-order valence-corrected chi connectivity index (χ4v) is 1.55. The van der Waals surface area contributed by atoms with Crippen molar-refractivity contribution in [1.29, 1.82) is 0 Å². The number of hydrogen-bond donors (Lipinski definition) is 0. The molecule has 0 fully saturated rings. The van der Waals surface area contributed by atoms with E-state index in [9.17, 15) is 4.39 Å². The van der Waals surface area contributed by atoms with Crippen LogP contribution in [0.15, 0.2) is 22.7 Å². The predicted molar refractivity (Wildman–Crippen MR) is 52.6 cm³/mol. The summed E-state index contributed by atoms with van der Waals surface area (Å²) in [5.41, 5.74) is 0.791. The number of rotatable bonds is 2. The highest BCUT2D eigenvalue weighted by Crippen LogP contribution is 2.20. The van der Waals surface area contributed by atoms with E-state index in [2.05, 4.69) is 29.8 Å². The van der Waals surface area contributed by atoms with Crippen LogP contribution in [-0.4, -0.2) is 0 Å². The van der Waals surface area contributed by atoms with Crippen molar-refractivity contribution in [2.45, 2.75) is 20.3 Å². The molecule has 66 valence electrons. The highest BCUT2D eigenvalue weighted by Gasteiger charge is 2.06. The first kappa shape index (κ1) is 9.72. The van der Waals surface area contributed by atoms with Gasteiger partial charge in [0.15, 0.2) is 0 Å². The summed E-state index contributed by atoms with van der Waals surface area (Å²) in [4.78, 5) is 0. The van der Waals surface area contributed by atoms with E-state index in [1.165, 1.54) is 0 Å². The molecule has 0 aliphatic rings. The summed E-state index contributed by atoms with van der Waals surface area (Å²) in [6.45, 7) is 4.17. The molecule has 12 heavy (non-hydrogen) atoms. The van der Waals surface area contributed by atoms with E-state index in [1.54, 1.807) is 6.07 Å². The molecule has 0 N–H and O–H groups in total. The average molecular weight is 231 g/mol. The monoisotopic (exact) mass is 230 g/mol. The molecule has 0 aliphatic carbocycles. The molecule has 0 aromatic heterocycles. The maximum absolute atomic E-state index is 13.3. The van der Waals surface area contributed by atoms with Gasteiger partial charge >= 0.3 is 0 Å². The van der Waals surface area contributed by atoms with Gasteiger partial charge in [0, 0.05) is 0 Å². The second-order valence-corrected chi connectivity index (χ2v) is 4.17. The first-order valence-electron chi connectivity index (χ1n) is 4.04. The lowest BCUT2D eigenvalue weighted by Crippen LogP contribution is -1.97. The lowest BCUT2D eigenvalue weighted by atomic mass is 10.0. The van der Waals surface area contributed by atoms with Gasteiger partial charge in [-0.05, 0) is 39.9 Å². The minimum atomic E-state index is -0.119. The second-order valence-electron chi connectivity index (χ2n) is 3.31. The normalized spacial score (nSPS) is 10.8. The minimum Gasteiger partial charge on any atom is -0.205 e. The van der Waals surface area contributed by atoms with Gasteiger partial charge < -0.3 is 0 Å². The Morgan fingerprint density at radius 1 is 1.42 bits per heavy atom. The minimum absolute atomic E-state index is 0.119. The summed E-state index contributed by atoms with van der Waals surface area (Å²) in [6, 6.07) is 5.42. The predicted octanol–water partition coefficient (Wildman–Crippen LogP) is 3.79. The molecule has 0 nitrogen and oxygen atoms in total. The van der Waals surface area contributed by atoms with Crippen molar-refractivity contribution in [1.82, 2.24) is 0 Å². The molecule has 2 heteroatoms. The van der Waals surface area contributed by atoms with Crippen molar-refractivity contribution in [3.05, 3.63) is 34.1 Å². The lowest BCUT2D eigenvalue weighted by Gasteiger charge is -2.06. The van der Waals surface area contributed by atoms with Crippen molar-refractivity contribution >= 4 is 15.9 Å². The summed E-state index contributed by atoms with van der Waals surface area (Å²) in [5, 5.41) is 0. The van der Waals surface area contributed by atoms with E-state index in [0.29, 0.717) is 10.4 Å². The van der Waals surface area contributed by atoms with Crippen molar-refractivity contribution in [3.63, 3.8) is 0 Å². The summed E-state index contributed by atoms with van der Waals surface area (Å²) in [6.07, 6.45) is 0.797. The SMILES string of the molecule is CC(C)Cc1cccc(Br)c1F. The zero-order chi connectivity index (χ0) is 9.14. The van der Waals surface area contributed by atoms with Crippen LogP contribution < -0.4 is 0 Å². The standard InChI is InChI=1S/C10H12BrF/c1-7(2)6-8-4-3-5-9(11)10(8)12/h3-5,7H,6H2,1-2H3. The van der Waals surface area contributed by atoms with Crippen LogP contribution in [-0.2, 0) is 6.42 Å². The molecule has 0 bridgehead atoms. The molecule has 0 radical (unpaired) electrons.